The third-order valence-corrected chi connectivity index (χ3v) is 8.23. The molecule has 9 aromatic rings. The van der Waals surface area contributed by atoms with Crippen molar-refractivity contribution < 1.29 is 16.8 Å². The van der Waals surface area contributed by atoms with E-state index in [1.165, 1.54) is 0 Å². The number of furan rings is 1. The highest BCUT2D eigenvalue weighted by molar-refractivity contribution is 6.28. The summed E-state index contributed by atoms with van der Waals surface area (Å²) in [5, 5.41) is 3.06. The lowest BCUT2D eigenvalue weighted by molar-refractivity contribution is 0.669. The van der Waals surface area contributed by atoms with Crippen LogP contribution in [0.15, 0.2) is 162 Å². The predicted molar refractivity (Wildman–Crippen MR) is 183 cm³/mol. The summed E-state index contributed by atoms with van der Waals surface area (Å²) in [6, 6.07) is 28.3. The van der Waals surface area contributed by atoms with Gasteiger partial charge < -0.3 is 4.42 Å². The number of hydrogen-bond donors (Lipinski definition) is 0. The first-order chi connectivity index (χ1) is 25.1. The third kappa shape index (κ3) is 3.58. The van der Waals surface area contributed by atoms with Gasteiger partial charge in [0.15, 0.2) is 0 Å². The number of rotatable bonds is 3. The number of hydrogen-bond acceptors (Lipinski definition) is 1. The topological polar surface area (TPSA) is 13.1 Å². The largest absolute Gasteiger partial charge is 0.456 e. The fourth-order valence-corrected chi connectivity index (χ4v) is 6.45. The van der Waals surface area contributed by atoms with Crippen molar-refractivity contribution in [3.05, 3.63) is 158 Å². The van der Waals surface area contributed by atoms with E-state index in [1.54, 1.807) is 18.2 Å². The van der Waals surface area contributed by atoms with E-state index in [0.717, 1.165) is 10.9 Å². The van der Waals surface area contributed by atoms with E-state index in [-0.39, 0.29) is 62.9 Å². The summed E-state index contributed by atoms with van der Waals surface area (Å²) >= 11 is 0. The van der Waals surface area contributed by atoms with Crippen LogP contribution in [-0.2, 0) is 0 Å². The van der Waals surface area contributed by atoms with Crippen LogP contribution in [-0.4, -0.2) is 0 Å². The molecule has 0 saturated carbocycles. The molecule has 0 aliphatic heterocycles. The summed E-state index contributed by atoms with van der Waals surface area (Å²) in [6.45, 7) is 0. The second kappa shape index (κ2) is 9.44. The molecule has 0 amide bonds. The summed E-state index contributed by atoms with van der Waals surface area (Å²) in [4.78, 5) is 0. The maximum Gasteiger partial charge on any atom is 0.136 e. The average molecular weight is 556 g/mol. The van der Waals surface area contributed by atoms with Gasteiger partial charge in [-0.2, -0.15) is 0 Å². The first-order valence-corrected chi connectivity index (χ1v) is 14.0. The summed E-state index contributed by atoms with van der Waals surface area (Å²) < 4.78 is 88.6. The smallest absolute Gasteiger partial charge is 0.136 e. The molecule has 0 unspecified atom stereocenters. The van der Waals surface area contributed by atoms with Crippen molar-refractivity contribution in [3.63, 3.8) is 0 Å². The van der Waals surface area contributed by atoms with Gasteiger partial charge in [0.25, 0.3) is 0 Å². The summed E-state index contributed by atoms with van der Waals surface area (Å²) in [6.07, 6.45) is 0. The van der Waals surface area contributed by atoms with Crippen LogP contribution >= 0.6 is 0 Å². The van der Waals surface area contributed by atoms with Gasteiger partial charge in [0.2, 0.25) is 0 Å². The fourth-order valence-electron chi connectivity index (χ4n) is 6.45. The molecule has 0 aliphatic rings. The van der Waals surface area contributed by atoms with Crippen LogP contribution in [0.2, 0.25) is 0 Å². The van der Waals surface area contributed by atoms with Crippen molar-refractivity contribution in [1.29, 1.82) is 0 Å². The Hall–Kier alpha value is -5.66. The van der Waals surface area contributed by atoms with Gasteiger partial charge in [0.1, 0.15) is 11.2 Å². The zero-order valence-corrected chi connectivity index (χ0v) is 22.7. The molecular weight excluding hydrogens is 520 g/mol. The molecule has 9 rings (SSSR count). The Morgan fingerprint density at radius 3 is 1.77 bits per heavy atom. The molecule has 1 heteroatoms. The zero-order chi connectivity index (χ0) is 36.2. The fraction of sp³-hybridized carbons (Fsp3) is 0. The molecule has 1 nitrogen and oxygen atoms in total. The van der Waals surface area contributed by atoms with Crippen LogP contribution in [0.4, 0.5) is 0 Å². The maximum atomic E-state index is 9.54. The van der Waals surface area contributed by atoms with E-state index in [2.05, 4.69) is 0 Å². The second-order valence-electron chi connectivity index (χ2n) is 10.5. The van der Waals surface area contributed by atoms with Crippen LogP contribution in [0.25, 0.3) is 87.6 Å². The van der Waals surface area contributed by atoms with Gasteiger partial charge in [0, 0.05) is 16.3 Å². The summed E-state index contributed by atoms with van der Waals surface area (Å²) in [5.41, 5.74) is 4.11. The van der Waals surface area contributed by atoms with E-state index >= 15 is 0 Å². The predicted octanol–water partition coefficient (Wildman–Crippen LogP) is 12.0. The highest BCUT2D eigenvalue weighted by Crippen LogP contribution is 2.50. The Morgan fingerprint density at radius 1 is 0.395 bits per heavy atom. The van der Waals surface area contributed by atoms with E-state index in [9.17, 15) is 5.48 Å². The van der Waals surface area contributed by atoms with Gasteiger partial charge in [-0.25, -0.2) is 0 Å². The molecule has 0 spiro atoms. The minimum absolute atomic E-state index is 0.116. The lowest BCUT2D eigenvalue weighted by Crippen LogP contribution is -1.94. The van der Waals surface area contributed by atoms with Crippen LogP contribution < -0.4 is 0 Å². The summed E-state index contributed by atoms with van der Waals surface area (Å²) in [5.74, 6) is 0. The van der Waals surface area contributed by atoms with Crippen LogP contribution in [0.5, 0.6) is 0 Å². The van der Waals surface area contributed by atoms with Crippen LogP contribution in [0, 0.1) is 0 Å². The van der Waals surface area contributed by atoms with Crippen molar-refractivity contribution in [2.75, 3.05) is 0 Å². The molecule has 0 atom stereocenters. The van der Waals surface area contributed by atoms with Crippen molar-refractivity contribution >= 4 is 54.3 Å². The van der Waals surface area contributed by atoms with Gasteiger partial charge in [-0.1, -0.05) is 145 Å². The van der Waals surface area contributed by atoms with Gasteiger partial charge in [-0.05, 0) is 72.3 Å². The molecule has 1 heterocycles. The molecule has 0 fully saturated rings. The average Bonchev–Trinajstić information content (AvgIpc) is 3.56. The Balaban J connectivity index is 1.67. The van der Waals surface area contributed by atoms with E-state index < -0.39 is 24.2 Å². The molecule has 200 valence electrons. The van der Waals surface area contributed by atoms with E-state index in [4.69, 9.17) is 11.3 Å². The Bertz CT molecular complexity index is 2920. The first-order valence-electron chi connectivity index (χ1n) is 18.5. The van der Waals surface area contributed by atoms with Crippen LogP contribution in [0.3, 0.4) is 0 Å². The molecule has 0 saturated heterocycles. The molecule has 43 heavy (non-hydrogen) atoms. The Morgan fingerprint density at radius 2 is 1.02 bits per heavy atom. The van der Waals surface area contributed by atoms with Crippen molar-refractivity contribution in [3.8, 4) is 33.4 Å². The van der Waals surface area contributed by atoms with Gasteiger partial charge in [-0.15, -0.1) is 0 Å². The number of benzene rings is 8. The quantitative estimate of drug-likeness (QED) is 0.198. The normalized spacial score (nSPS) is 14.7. The minimum Gasteiger partial charge on any atom is -0.456 e. The molecule has 0 N–H and O–H groups in total. The van der Waals surface area contributed by atoms with E-state index in [0.29, 0.717) is 44.0 Å². The minimum atomic E-state index is -0.471. The maximum absolute atomic E-state index is 9.54. The van der Waals surface area contributed by atoms with Crippen molar-refractivity contribution in [2.24, 2.45) is 0 Å². The number of para-hydroxylation sites is 1. The van der Waals surface area contributed by atoms with Gasteiger partial charge in [0.05, 0.1) is 12.3 Å². The summed E-state index contributed by atoms with van der Waals surface area (Å²) in [7, 11) is 0. The Labute approximate surface area is 261 Å². The first kappa shape index (κ1) is 16.7. The third-order valence-electron chi connectivity index (χ3n) is 8.23. The zero-order valence-electron chi connectivity index (χ0n) is 31.7. The molecule has 0 bridgehead atoms. The molecule has 8 aromatic carbocycles. The van der Waals surface area contributed by atoms with E-state index in [1.807, 2.05) is 84.9 Å². The monoisotopic (exact) mass is 555 g/mol. The molecule has 0 radical (unpaired) electrons. The van der Waals surface area contributed by atoms with Crippen molar-refractivity contribution in [1.82, 2.24) is 0 Å². The highest BCUT2D eigenvalue weighted by atomic mass is 16.3. The highest BCUT2D eigenvalue weighted by Gasteiger charge is 2.23. The molecule has 1 aromatic heterocycles. The second-order valence-corrected chi connectivity index (χ2v) is 10.5. The lowest BCUT2D eigenvalue weighted by Gasteiger charge is -2.21. The SMILES string of the molecule is [2H]c1c([2H])c([2H])c2c(-c3c(-c4ccccc4)ccc4oc5ccccc5c34)c3c([2H])c([2H])c([2H])c([2H])c3c(-c3ccc([2H])c4ccccc34)c2c1[2H]. The molecular formula is C42H26O. The van der Waals surface area contributed by atoms with Crippen molar-refractivity contribution in [2.45, 2.75) is 0 Å². The van der Waals surface area contributed by atoms with Gasteiger partial charge in [-0.3, -0.25) is 0 Å². The lowest BCUT2D eigenvalue weighted by atomic mass is 9.81. The standard InChI is InChI=1S/C42H26O/c1-2-13-28(14-3-1)30-25-26-38-41(36-22-10-11-24-37(36)43-38)42(30)40-34-20-8-6-18-32(34)39(33-19-7-9-21-35(33)40)31-23-12-16-27-15-4-5-17-29(27)31/h1-26H/i6D,7D,8D,9D,16D,18D,19D,20D,21D. The van der Waals surface area contributed by atoms with Gasteiger partial charge >= 0.3 is 0 Å². The van der Waals surface area contributed by atoms with Crippen LogP contribution in [0.1, 0.15) is 12.3 Å². The molecule has 0 aliphatic carbocycles. The Kier molecular flexibility index (Phi) is 3.67. The number of fused-ring (bicyclic) bond motifs is 6.